The number of benzene rings is 2. The van der Waals surface area contributed by atoms with Gasteiger partial charge in [-0.25, -0.2) is 9.97 Å². The molecule has 7 heteroatoms. The molecule has 5 rings (SSSR count). The maximum Gasteiger partial charge on any atom is 0.225 e. The van der Waals surface area contributed by atoms with Crippen molar-refractivity contribution in [3.8, 4) is 22.4 Å². The van der Waals surface area contributed by atoms with E-state index >= 15 is 0 Å². The van der Waals surface area contributed by atoms with Crippen LogP contribution in [0.4, 0.5) is 5.95 Å². The van der Waals surface area contributed by atoms with Gasteiger partial charge in [-0.3, -0.25) is 4.79 Å². The van der Waals surface area contributed by atoms with Crippen LogP contribution in [0, 0.1) is 5.41 Å². The third-order valence-corrected chi connectivity index (χ3v) is 6.31. The predicted octanol–water partition coefficient (Wildman–Crippen LogP) is 3.92. The summed E-state index contributed by atoms with van der Waals surface area (Å²) in [4.78, 5) is 21.5. The van der Waals surface area contributed by atoms with E-state index in [0.717, 1.165) is 16.8 Å². The lowest BCUT2D eigenvalue weighted by atomic mass is 9.94. The van der Waals surface area contributed by atoms with Crippen LogP contribution in [0.15, 0.2) is 66.9 Å². The van der Waals surface area contributed by atoms with E-state index in [0.29, 0.717) is 19.2 Å². The fourth-order valence-corrected chi connectivity index (χ4v) is 4.35. The Morgan fingerprint density at radius 1 is 0.853 bits per heavy atom. The highest BCUT2D eigenvalue weighted by Crippen LogP contribution is 2.30. The predicted molar refractivity (Wildman–Crippen MR) is 131 cm³/mol. The lowest BCUT2D eigenvalue weighted by molar-refractivity contribution is -0.129. The second kappa shape index (κ2) is 9.16. The first-order valence-electron chi connectivity index (χ1n) is 11.7. The van der Waals surface area contributed by atoms with Gasteiger partial charge < -0.3 is 20.1 Å². The van der Waals surface area contributed by atoms with E-state index in [9.17, 15) is 4.79 Å². The molecule has 176 valence electrons. The molecular weight excluding hydrogens is 428 g/mol. The number of hydrogen-bond acceptors (Lipinski definition) is 6. The van der Waals surface area contributed by atoms with Gasteiger partial charge in [-0.15, -0.1) is 0 Å². The molecule has 3 aromatic rings. The number of hydrogen-bond donors (Lipinski definition) is 2. The van der Waals surface area contributed by atoms with Crippen LogP contribution < -0.4 is 10.6 Å². The number of nitrogens with zero attached hydrogens (tertiary/aromatic N) is 2. The van der Waals surface area contributed by atoms with E-state index in [-0.39, 0.29) is 30.2 Å². The van der Waals surface area contributed by atoms with Crippen LogP contribution in [-0.2, 0) is 14.3 Å². The largest absolute Gasteiger partial charge is 0.371 e. The zero-order valence-corrected chi connectivity index (χ0v) is 19.7. The second-order valence-electron chi connectivity index (χ2n) is 9.89. The normalized spacial score (nSPS) is 24.0. The van der Waals surface area contributed by atoms with Crippen molar-refractivity contribution in [2.24, 2.45) is 5.41 Å². The average molecular weight is 459 g/mol. The van der Waals surface area contributed by atoms with Crippen molar-refractivity contribution in [3.05, 3.63) is 66.9 Å². The smallest absolute Gasteiger partial charge is 0.225 e. The van der Waals surface area contributed by atoms with Crippen LogP contribution in [0.2, 0.25) is 0 Å². The molecule has 2 aliphatic rings. The fraction of sp³-hybridized carbons (Fsp3) is 0.370. The Morgan fingerprint density at radius 3 is 2.18 bits per heavy atom. The summed E-state index contributed by atoms with van der Waals surface area (Å²) < 4.78 is 12.0. The summed E-state index contributed by atoms with van der Waals surface area (Å²) >= 11 is 0. The van der Waals surface area contributed by atoms with E-state index in [1.807, 2.05) is 45.0 Å². The van der Waals surface area contributed by atoms with Gasteiger partial charge in [0.15, 0.2) is 0 Å². The molecule has 0 radical (unpaired) electrons. The first kappa shape index (κ1) is 22.5. The number of rotatable bonds is 5. The highest BCUT2D eigenvalue weighted by molar-refractivity contribution is 5.81. The van der Waals surface area contributed by atoms with Crippen LogP contribution in [0.25, 0.3) is 22.4 Å². The molecule has 34 heavy (non-hydrogen) atoms. The Hall–Kier alpha value is -3.29. The van der Waals surface area contributed by atoms with E-state index in [1.54, 1.807) is 6.20 Å². The van der Waals surface area contributed by atoms with Crippen molar-refractivity contribution < 1.29 is 14.3 Å². The number of amides is 1. The molecular formula is C27H30N4O3. The molecule has 0 aliphatic carbocycles. The maximum atomic E-state index is 12.4. The molecule has 0 unspecified atom stereocenters. The molecule has 0 spiro atoms. The standard InChI is InChI=1S/C27H30N4O3/c1-27(2,3)25(32)29-21-15-33-24-22(16-34-23(21)24)31-26-28-14-13-20(30-26)19-11-9-18(10-12-19)17-7-5-4-6-8-17/h4-14,21-24H,15-16H2,1-3H3,(H,29,32)(H,28,30,31)/t21-,22-,23+,24+/m0/s1. The lowest BCUT2D eigenvalue weighted by Crippen LogP contribution is -2.48. The van der Waals surface area contributed by atoms with Gasteiger partial charge in [0.1, 0.15) is 12.2 Å². The number of nitrogens with one attached hydrogen (secondary N) is 2. The number of fused-ring (bicyclic) bond motifs is 1. The number of ether oxygens (including phenoxy) is 2. The molecule has 3 heterocycles. The van der Waals surface area contributed by atoms with Gasteiger partial charge in [-0.05, 0) is 17.2 Å². The van der Waals surface area contributed by atoms with Gasteiger partial charge in [-0.2, -0.15) is 0 Å². The summed E-state index contributed by atoms with van der Waals surface area (Å²) in [5.41, 5.74) is 3.76. The Balaban J connectivity index is 1.25. The fourth-order valence-electron chi connectivity index (χ4n) is 4.35. The molecule has 2 N–H and O–H groups in total. The van der Waals surface area contributed by atoms with Gasteiger partial charge in [-0.1, -0.05) is 75.4 Å². The van der Waals surface area contributed by atoms with Crippen LogP contribution in [0.1, 0.15) is 20.8 Å². The third-order valence-electron chi connectivity index (χ3n) is 6.31. The number of anilines is 1. The summed E-state index contributed by atoms with van der Waals surface area (Å²) in [6.45, 7) is 6.60. The maximum absolute atomic E-state index is 12.4. The van der Waals surface area contributed by atoms with E-state index in [2.05, 4.69) is 52.0 Å². The quantitative estimate of drug-likeness (QED) is 0.603. The zero-order chi connectivity index (χ0) is 23.7. The molecule has 2 aliphatic heterocycles. The van der Waals surface area contributed by atoms with Gasteiger partial charge in [0, 0.05) is 17.2 Å². The molecule has 0 saturated carbocycles. The summed E-state index contributed by atoms with van der Waals surface area (Å²) in [7, 11) is 0. The van der Waals surface area contributed by atoms with Gasteiger partial charge in [0.25, 0.3) is 0 Å². The summed E-state index contributed by atoms with van der Waals surface area (Å²) in [6.07, 6.45) is 1.41. The topological polar surface area (TPSA) is 85.4 Å². The highest BCUT2D eigenvalue weighted by atomic mass is 16.6. The molecule has 2 saturated heterocycles. The molecule has 1 amide bonds. The highest BCUT2D eigenvalue weighted by Gasteiger charge is 2.49. The van der Waals surface area contributed by atoms with Crippen molar-refractivity contribution >= 4 is 11.9 Å². The second-order valence-corrected chi connectivity index (χ2v) is 9.89. The monoisotopic (exact) mass is 458 g/mol. The van der Waals surface area contributed by atoms with E-state index in [4.69, 9.17) is 14.5 Å². The zero-order valence-electron chi connectivity index (χ0n) is 19.7. The van der Waals surface area contributed by atoms with E-state index in [1.165, 1.54) is 5.56 Å². The molecule has 2 aromatic carbocycles. The summed E-state index contributed by atoms with van der Waals surface area (Å²) in [6, 6.07) is 20.3. The molecule has 4 atom stereocenters. The van der Waals surface area contributed by atoms with Crippen molar-refractivity contribution in [1.82, 2.24) is 15.3 Å². The SMILES string of the molecule is CC(C)(C)C(=O)N[C@H]1CO[C@H]2[C@@H]1OC[C@@H]2Nc1nccc(-c2ccc(-c3ccccc3)cc2)n1. The number of carbonyl (C=O) groups is 1. The first-order valence-corrected chi connectivity index (χ1v) is 11.7. The Morgan fingerprint density at radius 2 is 1.47 bits per heavy atom. The first-order chi connectivity index (χ1) is 16.4. The minimum Gasteiger partial charge on any atom is -0.371 e. The van der Waals surface area contributed by atoms with Gasteiger partial charge in [0.2, 0.25) is 11.9 Å². The van der Waals surface area contributed by atoms with Gasteiger partial charge >= 0.3 is 0 Å². The van der Waals surface area contributed by atoms with Crippen molar-refractivity contribution in [2.45, 2.75) is 45.1 Å². The Labute approximate surface area is 199 Å². The van der Waals surface area contributed by atoms with Crippen molar-refractivity contribution in [2.75, 3.05) is 18.5 Å². The van der Waals surface area contributed by atoms with Gasteiger partial charge in [0.05, 0.1) is 31.0 Å². The van der Waals surface area contributed by atoms with Crippen LogP contribution >= 0.6 is 0 Å². The minimum absolute atomic E-state index is 0.00363. The minimum atomic E-state index is -0.456. The summed E-state index contributed by atoms with van der Waals surface area (Å²) in [5, 5.41) is 6.45. The molecule has 0 bridgehead atoms. The average Bonchev–Trinajstić information content (AvgIpc) is 3.43. The Bertz CT molecular complexity index is 1140. The lowest BCUT2D eigenvalue weighted by Gasteiger charge is -2.23. The molecule has 2 fully saturated rings. The van der Waals surface area contributed by atoms with Crippen LogP contribution in [0.3, 0.4) is 0 Å². The Kier molecular flexibility index (Phi) is 6.06. The van der Waals surface area contributed by atoms with Crippen LogP contribution in [0.5, 0.6) is 0 Å². The number of carbonyl (C=O) groups excluding carboxylic acids is 1. The third kappa shape index (κ3) is 4.67. The summed E-state index contributed by atoms with van der Waals surface area (Å²) in [5.74, 6) is 0.528. The molecule has 1 aromatic heterocycles. The number of aromatic nitrogens is 2. The van der Waals surface area contributed by atoms with Crippen molar-refractivity contribution in [3.63, 3.8) is 0 Å². The van der Waals surface area contributed by atoms with Crippen LogP contribution in [-0.4, -0.2) is 53.4 Å². The van der Waals surface area contributed by atoms with E-state index < -0.39 is 5.41 Å². The molecule has 7 nitrogen and oxygen atoms in total. The van der Waals surface area contributed by atoms with Crippen molar-refractivity contribution in [1.29, 1.82) is 0 Å².